The average molecular weight is 384 g/mol. The number of esters is 1. The predicted octanol–water partition coefficient (Wildman–Crippen LogP) is 4.71. The Labute approximate surface area is 168 Å². The summed E-state index contributed by atoms with van der Waals surface area (Å²) < 4.78 is 5.39. The molecule has 4 saturated carbocycles. The van der Waals surface area contributed by atoms with Gasteiger partial charge in [0.25, 0.3) is 5.91 Å². The lowest BCUT2D eigenvalue weighted by molar-refractivity contribution is -0.155. The molecule has 0 aromatic heterocycles. The molecule has 1 amide bonds. The van der Waals surface area contributed by atoms with Gasteiger partial charge in [-0.15, -0.1) is 0 Å². The second kappa shape index (κ2) is 7.88. The summed E-state index contributed by atoms with van der Waals surface area (Å²) >= 11 is 0. The van der Waals surface area contributed by atoms with E-state index in [1.807, 2.05) is 26.0 Å². The maximum Gasteiger partial charge on any atom is 0.306 e. The molecule has 152 valence electrons. The van der Waals surface area contributed by atoms with E-state index in [9.17, 15) is 9.59 Å². The zero-order valence-electron chi connectivity index (χ0n) is 17.2. The average Bonchev–Trinajstić information content (AvgIpc) is 2.64. The second-order valence-electron chi connectivity index (χ2n) is 9.69. The van der Waals surface area contributed by atoms with Crippen LogP contribution in [-0.4, -0.2) is 18.5 Å². The molecule has 4 bridgehead atoms. The predicted molar refractivity (Wildman–Crippen MR) is 109 cm³/mol. The molecule has 0 unspecified atom stereocenters. The van der Waals surface area contributed by atoms with Crippen molar-refractivity contribution in [2.45, 2.75) is 71.3 Å². The first kappa shape index (κ1) is 19.5. The van der Waals surface area contributed by atoms with E-state index in [1.165, 1.54) is 44.1 Å². The fourth-order valence-electron chi connectivity index (χ4n) is 6.47. The van der Waals surface area contributed by atoms with Crippen LogP contribution in [0.4, 0.5) is 0 Å². The standard InChI is InChI=1S/C24H33NO3/c1-3-21(20-6-4-16(2)5-7-20)25-22(26)15-28-23(27)14-24-11-17-8-18(12-24)10-19(9-17)13-24/h4-7,17-19,21H,3,8-15H2,1-2H3,(H,25,26)/t17?,18?,19?,21-,24?/m0/s1. The summed E-state index contributed by atoms with van der Waals surface area (Å²) in [6, 6.07) is 8.15. The summed E-state index contributed by atoms with van der Waals surface area (Å²) in [5, 5.41) is 3.00. The molecule has 4 aliphatic carbocycles. The lowest BCUT2D eigenvalue weighted by Gasteiger charge is -2.56. The molecule has 1 aromatic rings. The topological polar surface area (TPSA) is 55.4 Å². The van der Waals surface area contributed by atoms with E-state index < -0.39 is 0 Å². The molecule has 4 fully saturated rings. The van der Waals surface area contributed by atoms with Crippen LogP contribution in [-0.2, 0) is 14.3 Å². The highest BCUT2D eigenvalue weighted by Crippen LogP contribution is 2.61. The Morgan fingerprint density at radius 1 is 1.07 bits per heavy atom. The fourth-order valence-corrected chi connectivity index (χ4v) is 6.47. The monoisotopic (exact) mass is 383 g/mol. The molecule has 0 aliphatic heterocycles. The third-order valence-electron chi connectivity index (χ3n) is 7.27. The van der Waals surface area contributed by atoms with E-state index >= 15 is 0 Å². The van der Waals surface area contributed by atoms with E-state index in [1.54, 1.807) is 0 Å². The number of aryl methyl sites for hydroxylation is 1. The Morgan fingerprint density at radius 3 is 2.18 bits per heavy atom. The van der Waals surface area contributed by atoms with Crippen molar-refractivity contribution in [3.05, 3.63) is 35.4 Å². The first-order valence-electron chi connectivity index (χ1n) is 11.0. The van der Waals surface area contributed by atoms with Crippen LogP contribution in [0.1, 0.15) is 75.5 Å². The summed E-state index contributed by atoms with van der Waals surface area (Å²) in [6.07, 6.45) is 8.97. The number of benzene rings is 1. The van der Waals surface area contributed by atoms with Crippen LogP contribution in [0.2, 0.25) is 0 Å². The quantitative estimate of drug-likeness (QED) is 0.694. The first-order valence-corrected chi connectivity index (χ1v) is 11.0. The molecule has 0 heterocycles. The van der Waals surface area contributed by atoms with Crippen LogP contribution >= 0.6 is 0 Å². The highest BCUT2D eigenvalue weighted by Gasteiger charge is 2.51. The number of hydrogen-bond acceptors (Lipinski definition) is 3. The first-order chi connectivity index (χ1) is 13.4. The molecular weight excluding hydrogens is 350 g/mol. The smallest absolute Gasteiger partial charge is 0.306 e. The van der Waals surface area contributed by atoms with Gasteiger partial charge in [-0.05, 0) is 80.6 Å². The molecular formula is C24H33NO3. The largest absolute Gasteiger partial charge is 0.456 e. The van der Waals surface area contributed by atoms with Crippen molar-refractivity contribution >= 4 is 11.9 Å². The van der Waals surface area contributed by atoms with Crippen molar-refractivity contribution in [1.29, 1.82) is 0 Å². The number of carbonyl (C=O) groups is 2. The van der Waals surface area contributed by atoms with Crippen LogP contribution in [0, 0.1) is 30.1 Å². The zero-order chi connectivity index (χ0) is 19.7. The second-order valence-corrected chi connectivity index (χ2v) is 9.69. The van der Waals surface area contributed by atoms with Crippen molar-refractivity contribution in [2.24, 2.45) is 23.2 Å². The maximum absolute atomic E-state index is 12.5. The van der Waals surface area contributed by atoms with Crippen molar-refractivity contribution < 1.29 is 14.3 Å². The van der Waals surface area contributed by atoms with Crippen molar-refractivity contribution in [3.8, 4) is 0 Å². The van der Waals surface area contributed by atoms with Crippen LogP contribution in [0.3, 0.4) is 0 Å². The number of rotatable bonds is 7. The molecule has 5 rings (SSSR count). The summed E-state index contributed by atoms with van der Waals surface area (Å²) in [5.41, 5.74) is 2.45. The van der Waals surface area contributed by atoms with E-state index in [-0.39, 0.29) is 29.9 Å². The molecule has 1 aromatic carbocycles. The summed E-state index contributed by atoms with van der Waals surface area (Å²) in [6.45, 7) is 3.92. The Bertz CT molecular complexity index is 689. The molecule has 4 aliphatic rings. The number of carbonyl (C=O) groups excluding carboxylic acids is 2. The van der Waals surface area contributed by atoms with Gasteiger partial charge in [0.1, 0.15) is 0 Å². The van der Waals surface area contributed by atoms with Crippen molar-refractivity contribution in [3.63, 3.8) is 0 Å². The lowest BCUT2D eigenvalue weighted by Crippen LogP contribution is -2.47. The minimum absolute atomic E-state index is 0.0463. The SMILES string of the molecule is CC[C@H](NC(=O)COC(=O)CC12CC3CC(CC(C3)C1)C2)c1ccc(C)cc1. The van der Waals surface area contributed by atoms with Gasteiger partial charge in [-0.2, -0.15) is 0 Å². The number of nitrogens with one attached hydrogen (secondary N) is 1. The normalized spacial score (nSPS) is 31.4. The molecule has 0 spiro atoms. The van der Waals surface area contributed by atoms with Gasteiger partial charge in [0.15, 0.2) is 6.61 Å². The van der Waals surface area contributed by atoms with Crippen molar-refractivity contribution in [1.82, 2.24) is 5.32 Å². The number of amides is 1. The van der Waals surface area contributed by atoms with Crippen LogP contribution in [0.25, 0.3) is 0 Å². The summed E-state index contributed by atoms with van der Waals surface area (Å²) in [5.74, 6) is 2.05. The highest BCUT2D eigenvalue weighted by atomic mass is 16.5. The minimum atomic E-state index is -0.216. The van der Waals surface area contributed by atoms with E-state index in [0.29, 0.717) is 6.42 Å². The van der Waals surface area contributed by atoms with Gasteiger partial charge < -0.3 is 10.1 Å². The van der Waals surface area contributed by atoms with Gasteiger partial charge >= 0.3 is 5.97 Å². The third-order valence-corrected chi connectivity index (χ3v) is 7.27. The summed E-state index contributed by atoms with van der Waals surface area (Å²) in [7, 11) is 0. The molecule has 1 atom stereocenters. The Balaban J connectivity index is 1.26. The van der Waals surface area contributed by atoms with Gasteiger partial charge in [-0.25, -0.2) is 0 Å². The molecule has 0 radical (unpaired) electrons. The molecule has 4 heteroatoms. The Morgan fingerprint density at radius 2 is 1.64 bits per heavy atom. The maximum atomic E-state index is 12.5. The minimum Gasteiger partial charge on any atom is -0.456 e. The Hall–Kier alpha value is -1.84. The third kappa shape index (κ3) is 4.26. The van der Waals surface area contributed by atoms with Crippen molar-refractivity contribution in [2.75, 3.05) is 6.61 Å². The summed E-state index contributed by atoms with van der Waals surface area (Å²) in [4.78, 5) is 24.8. The molecule has 4 nitrogen and oxygen atoms in total. The van der Waals surface area contributed by atoms with Gasteiger partial charge in [0.05, 0.1) is 12.5 Å². The van der Waals surface area contributed by atoms with Crippen LogP contribution in [0.15, 0.2) is 24.3 Å². The fraction of sp³-hybridized carbons (Fsp3) is 0.667. The number of hydrogen-bond donors (Lipinski definition) is 1. The van der Waals surface area contributed by atoms with E-state index in [4.69, 9.17) is 4.74 Å². The van der Waals surface area contributed by atoms with Crippen LogP contribution in [0.5, 0.6) is 0 Å². The van der Waals surface area contributed by atoms with Crippen LogP contribution < -0.4 is 5.32 Å². The van der Waals surface area contributed by atoms with E-state index in [2.05, 4.69) is 17.4 Å². The highest BCUT2D eigenvalue weighted by molar-refractivity contribution is 5.81. The van der Waals surface area contributed by atoms with Gasteiger partial charge in [-0.3, -0.25) is 9.59 Å². The zero-order valence-corrected chi connectivity index (χ0v) is 17.2. The molecule has 28 heavy (non-hydrogen) atoms. The Kier molecular flexibility index (Phi) is 5.48. The van der Waals surface area contributed by atoms with Gasteiger partial charge in [-0.1, -0.05) is 36.8 Å². The van der Waals surface area contributed by atoms with E-state index in [0.717, 1.165) is 29.7 Å². The molecule has 0 saturated heterocycles. The number of ether oxygens (including phenoxy) is 1. The van der Waals surface area contributed by atoms with Gasteiger partial charge in [0.2, 0.25) is 0 Å². The molecule has 1 N–H and O–H groups in total. The lowest BCUT2D eigenvalue weighted by atomic mass is 9.49. The van der Waals surface area contributed by atoms with Gasteiger partial charge in [0, 0.05) is 0 Å².